The van der Waals surface area contributed by atoms with Crippen molar-refractivity contribution in [2.24, 2.45) is 0 Å². The normalized spacial score (nSPS) is 11.1. The Morgan fingerprint density at radius 3 is 1.64 bits per heavy atom. The van der Waals surface area contributed by atoms with Crippen LogP contribution < -0.4 is 0 Å². The first kappa shape index (κ1) is 14.2. The van der Waals surface area contributed by atoms with E-state index in [0.717, 1.165) is 38.5 Å². The number of rotatable bonds is 10. The molecule has 0 spiro atoms. The van der Waals surface area contributed by atoms with E-state index in [4.69, 9.17) is 9.05 Å². The molecule has 0 saturated carbocycles. The third-order valence-corrected chi connectivity index (χ3v) is 2.82. The van der Waals surface area contributed by atoms with Gasteiger partial charge in [0, 0.05) is 0 Å². The quantitative estimate of drug-likeness (QED) is 0.416. The van der Waals surface area contributed by atoms with Crippen LogP contribution in [-0.2, 0) is 13.6 Å². The van der Waals surface area contributed by atoms with Crippen molar-refractivity contribution in [2.75, 3.05) is 13.2 Å². The maximum Gasteiger partial charge on any atom is 0.319 e. The zero-order valence-electron chi connectivity index (χ0n) is 9.38. The SMILES string of the molecule is CCCCCO[PH](=O)OCCCCC. The first-order valence-electron chi connectivity index (χ1n) is 5.60. The Labute approximate surface area is 88.1 Å². The summed E-state index contributed by atoms with van der Waals surface area (Å²) < 4.78 is 21.2. The zero-order chi connectivity index (χ0) is 10.6. The maximum absolute atomic E-state index is 11.1. The van der Waals surface area contributed by atoms with Crippen LogP contribution in [0.25, 0.3) is 0 Å². The second-order valence-electron chi connectivity index (χ2n) is 3.36. The molecule has 0 aliphatic rings. The van der Waals surface area contributed by atoms with Crippen LogP contribution in [-0.4, -0.2) is 13.2 Å². The fourth-order valence-electron chi connectivity index (χ4n) is 1.06. The molecule has 0 atom stereocenters. The van der Waals surface area contributed by atoms with Crippen molar-refractivity contribution < 1.29 is 13.6 Å². The Hall–Kier alpha value is 0.150. The van der Waals surface area contributed by atoms with Gasteiger partial charge in [0.15, 0.2) is 0 Å². The summed E-state index contributed by atoms with van der Waals surface area (Å²) in [5, 5.41) is 0. The van der Waals surface area contributed by atoms with Crippen LogP contribution in [0.3, 0.4) is 0 Å². The van der Waals surface area contributed by atoms with E-state index in [1.165, 1.54) is 0 Å². The van der Waals surface area contributed by atoms with E-state index in [9.17, 15) is 4.57 Å². The van der Waals surface area contributed by atoms with Crippen molar-refractivity contribution in [3.63, 3.8) is 0 Å². The van der Waals surface area contributed by atoms with E-state index in [1.807, 2.05) is 0 Å². The lowest BCUT2D eigenvalue weighted by Gasteiger charge is -2.04. The predicted octanol–water partition coefficient (Wildman–Crippen LogP) is 3.79. The van der Waals surface area contributed by atoms with E-state index in [2.05, 4.69) is 13.8 Å². The van der Waals surface area contributed by atoms with Crippen molar-refractivity contribution in [1.29, 1.82) is 0 Å². The summed E-state index contributed by atoms with van der Waals surface area (Å²) >= 11 is 0. The summed E-state index contributed by atoms with van der Waals surface area (Å²) in [7, 11) is -2.20. The molecule has 0 unspecified atom stereocenters. The van der Waals surface area contributed by atoms with E-state index in [-0.39, 0.29) is 0 Å². The molecule has 0 heterocycles. The van der Waals surface area contributed by atoms with Gasteiger partial charge in [0.05, 0.1) is 13.2 Å². The van der Waals surface area contributed by atoms with Gasteiger partial charge in [-0.3, -0.25) is 4.57 Å². The molecule has 0 aliphatic heterocycles. The van der Waals surface area contributed by atoms with Gasteiger partial charge >= 0.3 is 8.25 Å². The Bertz CT molecular complexity index is 125. The van der Waals surface area contributed by atoms with Crippen LogP contribution >= 0.6 is 8.25 Å². The lowest BCUT2D eigenvalue weighted by Crippen LogP contribution is -1.91. The molecule has 0 radical (unpaired) electrons. The Balaban J connectivity index is 3.11. The van der Waals surface area contributed by atoms with Crippen LogP contribution in [0.4, 0.5) is 0 Å². The summed E-state index contributed by atoms with van der Waals surface area (Å²) in [6.07, 6.45) is 6.52. The molecule has 0 bridgehead atoms. The molecule has 14 heavy (non-hydrogen) atoms. The highest BCUT2D eigenvalue weighted by Crippen LogP contribution is 2.24. The fraction of sp³-hybridized carbons (Fsp3) is 1.00. The second kappa shape index (κ2) is 11.2. The van der Waals surface area contributed by atoms with Crippen LogP contribution in [0.1, 0.15) is 52.4 Å². The second-order valence-corrected chi connectivity index (χ2v) is 4.44. The minimum Gasteiger partial charge on any atom is -0.311 e. The summed E-state index contributed by atoms with van der Waals surface area (Å²) in [5.74, 6) is 0. The highest BCUT2D eigenvalue weighted by molar-refractivity contribution is 7.33. The van der Waals surface area contributed by atoms with Crippen LogP contribution in [0.15, 0.2) is 0 Å². The largest absolute Gasteiger partial charge is 0.319 e. The van der Waals surface area contributed by atoms with Gasteiger partial charge in [0.2, 0.25) is 0 Å². The lowest BCUT2D eigenvalue weighted by molar-refractivity contribution is 0.219. The molecule has 0 saturated heterocycles. The van der Waals surface area contributed by atoms with Gasteiger partial charge in [-0.05, 0) is 12.8 Å². The smallest absolute Gasteiger partial charge is 0.311 e. The molecule has 0 fully saturated rings. The molecule has 0 rings (SSSR count). The first-order valence-corrected chi connectivity index (χ1v) is 6.83. The molecular weight excluding hydrogens is 199 g/mol. The molecular formula is C10H23O3P. The Kier molecular flexibility index (Phi) is 11.3. The van der Waals surface area contributed by atoms with Gasteiger partial charge in [-0.15, -0.1) is 0 Å². The van der Waals surface area contributed by atoms with Gasteiger partial charge in [0.1, 0.15) is 0 Å². The third-order valence-electron chi connectivity index (χ3n) is 1.94. The van der Waals surface area contributed by atoms with Crippen LogP contribution in [0.5, 0.6) is 0 Å². The topological polar surface area (TPSA) is 35.5 Å². The number of hydrogen-bond donors (Lipinski definition) is 0. The number of hydrogen-bond acceptors (Lipinski definition) is 3. The van der Waals surface area contributed by atoms with Crippen LogP contribution in [0, 0.1) is 0 Å². The van der Waals surface area contributed by atoms with Crippen molar-refractivity contribution in [2.45, 2.75) is 52.4 Å². The zero-order valence-corrected chi connectivity index (χ0v) is 10.4. The Morgan fingerprint density at radius 1 is 0.857 bits per heavy atom. The van der Waals surface area contributed by atoms with Gasteiger partial charge in [-0.25, -0.2) is 0 Å². The predicted molar refractivity (Wildman–Crippen MR) is 60.0 cm³/mol. The maximum atomic E-state index is 11.1. The molecule has 0 aromatic heterocycles. The first-order chi connectivity index (χ1) is 6.81. The van der Waals surface area contributed by atoms with E-state index in [1.54, 1.807) is 0 Å². The molecule has 0 amide bonds. The number of unbranched alkanes of at least 4 members (excludes halogenated alkanes) is 4. The van der Waals surface area contributed by atoms with E-state index >= 15 is 0 Å². The highest BCUT2D eigenvalue weighted by atomic mass is 31.1. The Morgan fingerprint density at radius 2 is 1.29 bits per heavy atom. The molecule has 0 aliphatic carbocycles. The summed E-state index contributed by atoms with van der Waals surface area (Å²) in [6, 6.07) is 0. The van der Waals surface area contributed by atoms with E-state index in [0.29, 0.717) is 13.2 Å². The summed E-state index contributed by atoms with van der Waals surface area (Å²) in [5.41, 5.74) is 0. The van der Waals surface area contributed by atoms with Crippen molar-refractivity contribution in [1.82, 2.24) is 0 Å². The summed E-state index contributed by atoms with van der Waals surface area (Å²) in [4.78, 5) is 0. The molecule has 0 aromatic carbocycles. The van der Waals surface area contributed by atoms with Gasteiger partial charge in [-0.2, -0.15) is 0 Å². The molecule has 86 valence electrons. The van der Waals surface area contributed by atoms with Crippen molar-refractivity contribution in [3.8, 4) is 0 Å². The van der Waals surface area contributed by atoms with Gasteiger partial charge in [-0.1, -0.05) is 39.5 Å². The average Bonchev–Trinajstić information content (AvgIpc) is 2.19. The molecule has 4 heteroatoms. The van der Waals surface area contributed by atoms with Crippen LogP contribution in [0.2, 0.25) is 0 Å². The van der Waals surface area contributed by atoms with E-state index < -0.39 is 8.25 Å². The monoisotopic (exact) mass is 222 g/mol. The summed E-state index contributed by atoms with van der Waals surface area (Å²) in [6.45, 7) is 5.40. The molecule has 3 nitrogen and oxygen atoms in total. The fourth-order valence-corrected chi connectivity index (χ4v) is 1.76. The molecule has 0 N–H and O–H groups in total. The highest BCUT2D eigenvalue weighted by Gasteiger charge is 1.98. The molecule has 0 aromatic rings. The van der Waals surface area contributed by atoms with Gasteiger partial charge < -0.3 is 9.05 Å². The third kappa shape index (κ3) is 10.2. The van der Waals surface area contributed by atoms with Gasteiger partial charge in [0.25, 0.3) is 0 Å². The minimum absolute atomic E-state index is 0.569. The lowest BCUT2D eigenvalue weighted by atomic mass is 10.3. The van der Waals surface area contributed by atoms with Crippen molar-refractivity contribution in [3.05, 3.63) is 0 Å². The minimum atomic E-state index is -2.20. The van der Waals surface area contributed by atoms with Crippen molar-refractivity contribution >= 4 is 8.25 Å². The standard InChI is InChI=1S/C10H23O3P/c1-3-5-7-9-12-14(11)13-10-8-6-4-2/h14H,3-10H2,1-2H3. The average molecular weight is 222 g/mol.